The van der Waals surface area contributed by atoms with Crippen LogP contribution in [0.15, 0.2) is 41.0 Å². The number of piperidine rings is 1. The summed E-state index contributed by atoms with van der Waals surface area (Å²) in [6.07, 6.45) is 4.35. The van der Waals surface area contributed by atoms with E-state index >= 15 is 0 Å². The zero-order valence-electron chi connectivity index (χ0n) is 16.6. The lowest BCUT2D eigenvalue weighted by Crippen LogP contribution is -2.42. The van der Waals surface area contributed by atoms with Gasteiger partial charge in [-0.1, -0.05) is 6.07 Å². The highest BCUT2D eigenvalue weighted by Crippen LogP contribution is 2.22. The summed E-state index contributed by atoms with van der Waals surface area (Å²) in [6, 6.07) is 9.45. The molecule has 0 bridgehead atoms. The summed E-state index contributed by atoms with van der Waals surface area (Å²) in [5, 5.41) is 2.76. The maximum absolute atomic E-state index is 12.4. The fraction of sp³-hybridized carbons (Fsp3) is 0.455. The van der Waals surface area contributed by atoms with Gasteiger partial charge in [-0.3, -0.25) is 9.59 Å². The van der Waals surface area contributed by atoms with Crippen molar-refractivity contribution in [2.75, 3.05) is 19.6 Å². The molecule has 150 valence electrons. The first-order valence-electron chi connectivity index (χ1n) is 9.86. The Hall–Kier alpha value is -2.76. The van der Waals surface area contributed by atoms with Crippen LogP contribution in [0.2, 0.25) is 0 Å². The zero-order valence-corrected chi connectivity index (χ0v) is 16.6. The van der Waals surface area contributed by atoms with E-state index in [1.807, 2.05) is 11.0 Å². The van der Waals surface area contributed by atoms with E-state index in [0.717, 1.165) is 18.6 Å². The number of nitrogens with zero attached hydrogens (tertiary/aromatic N) is 1. The first kappa shape index (κ1) is 20.0. The van der Waals surface area contributed by atoms with E-state index in [1.165, 1.54) is 17.4 Å². The lowest BCUT2D eigenvalue weighted by atomic mass is 10.1. The van der Waals surface area contributed by atoms with Crippen LogP contribution in [-0.2, 0) is 4.79 Å². The van der Waals surface area contributed by atoms with E-state index in [4.69, 9.17) is 9.15 Å². The summed E-state index contributed by atoms with van der Waals surface area (Å²) < 4.78 is 11.1. The van der Waals surface area contributed by atoms with Gasteiger partial charge in [0, 0.05) is 38.9 Å². The Morgan fingerprint density at radius 3 is 2.64 bits per heavy atom. The topological polar surface area (TPSA) is 71.8 Å². The Balaban J connectivity index is 1.34. The van der Waals surface area contributed by atoms with Crippen molar-refractivity contribution in [2.45, 2.75) is 45.6 Å². The average Bonchev–Trinajstić information content (AvgIpc) is 3.23. The number of hydrogen-bond donors (Lipinski definition) is 1. The molecule has 1 aliphatic rings. The van der Waals surface area contributed by atoms with Gasteiger partial charge in [0.1, 0.15) is 11.9 Å². The van der Waals surface area contributed by atoms with Crippen molar-refractivity contribution in [1.29, 1.82) is 0 Å². The SMILES string of the molecule is Cc1ccc(OC2CCN(C(=O)CCCNC(=O)c3ccco3)CC2)cc1C. The van der Waals surface area contributed by atoms with Gasteiger partial charge in [0.25, 0.3) is 5.91 Å². The summed E-state index contributed by atoms with van der Waals surface area (Å²) in [4.78, 5) is 26.0. The molecule has 0 spiro atoms. The van der Waals surface area contributed by atoms with Gasteiger partial charge >= 0.3 is 0 Å². The van der Waals surface area contributed by atoms with Crippen LogP contribution in [0.25, 0.3) is 0 Å². The van der Waals surface area contributed by atoms with Crippen molar-refractivity contribution >= 4 is 11.8 Å². The van der Waals surface area contributed by atoms with Crippen molar-refractivity contribution in [2.24, 2.45) is 0 Å². The zero-order chi connectivity index (χ0) is 19.9. The minimum Gasteiger partial charge on any atom is -0.490 e. The van der Waals surface area contributed by atoms with Crippen LogP contribution in [0, 0.1) is 13.8 Å². The van der Waals surface area contributed by atoms with Crippen molar-refractivity contribution in [3.8, 4) is 5.75 Å². The third-order valence-electron chi connectivity index (χ3n) is 5.17. The molecule has 1 saturated heterocycles. The molecule has 2 aromatic rings. The van der Waals surface area contributed by atoms with Crippen LogP contribution in [0.1, 0.15) is 47.4 Å². The number of hydrogen-bond acceptors (Lipinski definition) is 4. The molecule has 1 N–H and O–H groups in total. The molecule has 6 nitrogen and oxygen atoms in total. The van der Waals surface area contributed by atoms with E-state index in [2.05, 4.69) is 31.3 Å². The third kappa shape index (κ3) is 5.38. The van der Waals surface area contributed by atoms with Crippen LogP contribution in [0.4, 0.5) is 0 Å². The lowest BCUT2D eigenvalue weighted by molar-refractivity contribution is -0.133. The molecule has 0 unspecified atom stereocenters. The van der Waals surface area contributed by atoms with Crippen LogP contribution in [0.3, 0.4) is 0 Å². The second-order valence-electron chi connectivity index (χ2n) is 7.28. The highest BCUT2D eigenvalue weighted by atomic mass is 16.5. The van der Waals surface area contributed by atoms with Gasteiger partial charge in [0.15, 0.2) is 5.76 Å². The minimum atomic E-state index is -0.248. The number of benzene rings is 1. The Morgan fingerprint density at radius 1 is 1.18 bits per heavy atom. The first-order valence-corrected chi connectivity index (χ1v) is 9.86. The fourth-order valence-corrected chi connectivity index (χ4v) is 3.30. The monoisotopic (exact) mass is 384 g/mol. The van der Waals surface area contributed by atoms with Gasteiger partial charge in [-0.25, -0.2) is 0 Å². The standard InChI is InChI=1S/C22H28N2O4/c1-16-7-8-19(15-17(16)2)28-18-9-12-24(13-10-18)21(25)6-3-11-23-22(26)20-5-4-14-27-20/h4-5,7-8,14-15,18H,3,6,9-13H2,1-2H3,(H,23,26). The van der Waals surface area contributed by atoms with Crippen molar-refractivity contribution in [3.05, 3.63) is 53.5 Å². The number of likely N-dealkylation sites (tertiary alicyclic amines) is 1. The van der Waals surface area contributed by atoms with E-state index in [0.29, 0.717) is 32.5 Å². The molecule has 28 heavy (non-hydrogen) atoms. The minimum absolute atomic E-state index is 0.136. The average molecular weight is 384 g/mol. The number of carbonyl (C=O) groups excluding carboxylic acids is 2. The highest BCUT2D eigenvalue weighted by molar-refractivity contribution is 5.91. The van der Waals surface area contributed by atoms with Crippen LogP contribution in [-0.4, -0.2) is 42.5 Å². The van der Waals surface area contributed by atoms with Gasteiger partial charge < -0.3 is 19.4 Å². The lowest BCUT2D eigenvalue weighted by Gasteiger charge is -2.32. The third-order valence-corrected chi connectivity index (χ3v) is 5.17. The number of rotatable bonds is 7. The maximum Gasteiger partial charge on any atom is 0.286 e. The molecule has 0 aliphatic carbocycles. The largest absolute Gasteiger partial charge is 0.490 e. The molecular weight excluding hydrogens is 356 g/mol. The molecular formula is C22H28N2O4. The molecule has 0 atom stereocenters. The molecule has 0 radical (unpaired) electrons. The van der Waals surface area contributed by atoms with E-state index in [9.17, 15) is 9.59 Å². The van der Waals surface area contributed by atoms with Crippen molar-refractivity contribution < 1.29 is 18.7 Å². The molecule has 2 amide bonds. The molecule has 0 saturated carbocycles. The number of amides is 2. The molecule has 2 heterocycles. The number of furan rings is 1. The second-order valence-corrected chi connectivity index (χ2v) is 7.28. The predicted octanol–water partition coefficient (Wildman–Crippen LogP) is 3.48. The van der Waals surface area contributed by atoms with Gasteiger partial charge in [-0.15, -0.1) is 0 Å². The van der Waals surface area contributed by atoms with Gasteiger partial charge in [0.05, 0.1) is 6.26 Å². The smallest absolute Gasteiger partial charge is 0.286 e. The van der Waals surface area contributed by atoms with Crippen molar-refractivity contribution in [3.63, 3.8) is 0 Å². The summed E-state index contributed by atoms with van der Waals surface area (Å²) in [7, 11) is 0. The Morgan fingerprint density at radius 2 is 1.96 bits per heavy atom. The molecule has 3 rings (SSSR count). The Bertz CT molecular complexity index is 793. The predicted molar refractivity (Wildman–Crippen MR) is 106 cm³/mol. The Kier molecular flexibility index (Phi) is 6.74. The number of aryl methyl sites for hydroxylation is 2. The second kappa shape index (κ2) is 9.44. The van der Waals surface area contributed by atoms with E-state index in [1.54, 1.807) is 12.1 Å². The summed E-state index contributed by atoms with van der Waals surface area (Å²) in [5.41, 5.74) is 2.48. The van der Waals surface area contributed by atoms with Gasteiger partial charge in [-0.2, -0.15) is 0 Å². The summed E-state index contributed by atoms with van der Waals surface area (Å²) in [6.45, 7) is 6.06. The van der Waals surface area contributed by atoms with Gasteiger partial charge in [0.2, 0.25) is 5.91 Å². The van der Waals surface area contributed by atoms with Gasteiger partial charge in [-0.05, 0) is 55.7 Å². The fourth-order valence-electron chi connectivity index (χ4n) is 3.30. The molecule has 1 aromatic carbocycles. The van der Waals surface area contributed by atoms with Crippen LogP contribution in [0.5, 0.6) is 5.75 Å². The summed E-state index contributed by atoms with van der Waals surface area (Å²) >= 11 is 0. The van der Waals surface area contributed by atoms with Crippen LogP contribution >= 0.6 is 0 Å². The molecule has 1 aromatic heterocycles. The number of nitrogens with one attached hydrogen (secondary N) is 1. The quantitative estimate of drug-likeness (QED) is 0.742. The number of ether oxygens (including phenoxy) is 1. The molecule has 6 heteroatoms. The normalized spacial score (nSPS) is 14.7. The Labute approximate surface area is 165 Å². The van der Waals surface area contributed by atoms with E-state index in [-0.39, 0.29) is 23.7 Å². The first-order chi connectivity index (χ1) is 13.5. The molecule has 1 aliphatic heterocycles. The summed E-state index contributed by atoms with van der Waals surface area (Å²) in [5.74, 6) is 1.08. The highest BCUT2D eigenvalue weighted by Gasteiger charge is 2.23. The van der Waals surface area contributed by atoms with Crippen molar-refractivity contribution in [1.82, 2.24) is 10.2 Å². The molecule has 1 fully saturated rings. The maximum atomic E-state index is 12.4. The van der Waals surface area contributed by atoms with Crippen LogP contribution < -0.4 is 10.1 Å². The van der Waals surface area contributed by atoms with E-state index < -0.39 is 0 Å². The number of carbonyl (C=O) groups is 2.